The molecule has 0 heterocycles. The van der Waals surface area contributed by atoms with Gasteiger partial charge < -0.3 is 5.32 Å². The molecule has 1 rings (SSSR count). The molecular weight excluding hydrogens is 331 g/mol. The van der Waals surface area contributed by atoms with E-state index in [1.54, 1.807) is 12.1 Å². The second kappa shape index (κ2) is 6.18. The number of hydrogen-bond donors (Lipinski definition) is 1. The molecule has 1 unspecified atom stereocenters. The van der Waals surface area contributed by atoms with E-state index in [1.165, 1.54) is 6.07 Å². The number of anilines is 1. The van der Waals surface area contributed by atoms with E-state index in [9.17, 15) is 10.1 Å². The minimum atomic E-state index is -0.369. The predicted octanol–water partition coefficient (Wildman–Crippen LogP) is 4.05. The van der Waals surface area contributed by atoms with E-state index in [0.29, 0.717) is 12.0 Å². The van der Waals surface area contributed by atoms with Crippen LogP contribution in [0.25, 0.3) is 0 Å². The summed E-state index contributed by atoms with van der Waals surface area (Å²) in [7, 11) is 0. The van der Waals surface area contributed by atoms with Crippen LogP contribution in [0.15, 0.2) is 18.2 Å². The average molecular weight is 348 g/mol. The molecule has 0 bridgehead atoms. The summed E-state index contributed by atoms with van der Waals surface area (Å²) in [6, 6.07) is 5.31. The van der Waals surface area contributed by atoms with Crippen molar-refractivity contribution in [2.75, 3.05) is 5.32 Å². The number of non-ortho nitro benzene ring substituents is 1. The van der Waals surface area contributed by atoms with Crippen molar-refractivity contribution in [2.45, 2.75) is 33.2 Å². The van der Waals surface area contributed by atoms with Gasteiger partial charge in [-0.05, 0) is 41.0 Å². The zero-order valence-electron chi connectivity index (χ0n) is 10.2. The highest BCUT2D eigenvalue weighted by molar-refractivity contribution is 14.1. The molecule has 1 N–H and O–H groups in total. The van der Waals surface area contributed by atoms with Crippen molar-refractivity contribution in [3.8, 4) is 0 Å². The van der Waals surface area contributed by atoms with Gasteiger partial charge >= 0.3 is 0 Å². The molecule has 0 fully saturated rings. The van der Waals surface area contributed by atoms with Crippen molar-refractivity contribution in [3.05, 3.63) is 31.9 Å². The summed E-state index contributed by atoms with van der Waals surface area (Å²) in [5, 5.41) is 14.1. The maximum atomic E-state index is 10.6. The number of hydrogen-bond acceptors (Lipinski definition) is 3. The van der Waals surface area contributed by atoms with Gasteiger partial charge in [-0.25, -0.2) is 0 Å². The number of benzene rings is 1. The van der Waals surface area contributed by atoms with Crippen molar-refractivity contribution in [3.63, 3.8) is 0 Å². The lowest BCUT2D eigenvalue weighted by Gasteiger charge is -2.22. The van der Waals surface area contributed by atoms with Crippen molar-refractivity contribution in [2.24, 2.45) is 5.92 Å². The Morgan fingerprint density at radius 1 is 1.47 bits per heavy atom. The smallest absolute Gasteiger partial charge is 0.270 e. The van der Waals surface area contributed by atoms with Crippen LogP contribution in [0, 0.1) is 19.6 Å². The first-order valence-corrected chi connectivity index (χ1v) is 6.74. The summed E-state index contributed by atoms with van der Waals surface area (Å²) in [6.07, 6.45) is 1.03. The number of halogens is 1. The Balaban J connectivity index is 2.89. The first-order chi connectivity index (χ1) is 7.95. The summed E-state index contributed by atoms with van der Waals surface area (Å²) < 4.78 is 0.885. The third-order valence-corrected chi connectivity index (χ3v) is 3.64. The molecule has 0 saturated heterocycles. The van der Waals surface area contributed by atoms with Gasteiger partial charge in [-0.2, -0.15) is 0 Å². The van der Waals surface area contributed by atoms with Crippen LogP contribution in [0.1, 0.15) is 27.2 Å². The normalized spacial score (nSPS) is 12.5. The molecule has 0 aliphatic heterocycles. The van der Waals surface area contributed by atoms with Crippen molar-refractivity contribution >= 4 is 34.0 Å². The van der Waals surface area contributed by atoms with Crippen molar-refractivity contribution < 1.29 is 4.92 Å². The van der Waals surface area contributed by atoms with Crippen LogP contribution in [-0.2, 0) is 0 Å². The molecule has 1 aromatic rings. The third-order valence-electron chi connectivity index (χ3n) is 2.75. The van der Waals surface area contributed by atoms with Crippen LogP contribution in [0.3, 0.4) is 0 Å². The second-order valence-corrected chi connectivity index (χ2v) is 5.49. The van der Waals surface area contributed by atoms with Gasteiger partial charge in [0.05, 0.1) is 4.92 Å². The monoisotopic (exact) mass is 348 g/mol. The minimum Gasteiger partial charge on any atom is -0.381 e. The van der Waals surface area contributed by atoms with Gasteiger partial charge in [-0.3, -0.25) is 10.1 Å². The summed E-state index contributed by atoms with van der Waals surface area (Å²) in [5.74, 6) is 0.533. The fraction of sp³-hybridized carbons (Fsp3) is 0.500. The average Bonchev–Trinajstić information content (AvgIpc) is 2.26. The maximum absolute atomic E-state index is 10.6. The third kappa shape index (κ3) is 3.83. The fourth-order valence-electron chi connectivity index (χ4n) is 1.67. The van der Waals surface area contributed by atoms with E-state index in [2.05, 4.69) is 48.7 Å². The second-order valence-electron chi connectivity index (χ2n) is 4.32. The van der Waals surface area contributed by atoms with E-state index in [4.69, 9.17) is 0 Å². The molecule has 4 nitrogen and oxygen atoms in total. The van der Waals surface area contributed by atoms with Crippen LogP contribution < -0.4 is 5.32 Å². The highest BCUT2D eigenvalue weighted by Crippen LogP contribution is 2.25. The van der Waals surface area contributed by atoms with E-state index in [0.717, 1.165) is 15.7 Å². The van der Waals surface area contributed by atoms with Crippen LogP contribution in [0.4, 0.5) is 11.4 Å². The summed E-state index contributed by atoms with van der Waals surface area (Å²) in [5.41, 5.74) is 1.11. The molecule has 0 aliphatic rings. The quantitative estimate of drug-likeness (QED) is 0.496. The molecule has 5 heteroatoms. The first kappa shape index (κ1) is 14.2. The molecule has 0 aliphatic carbocycles. The number of rotatable bonds is 5. The first-order valence-electron chi connectivity index (χ1n) is 5.66. The predicted molar refractivity (Wildman–Crippen MR) is 78.4 cm³/mol. The lowest BCUT2D eigenvalue weighted by molar-refractivity contribution is -0.384. The van der Waals surface area contributed by atoms with Crippen LogP contribution >= 0.6 is 22.6 Å². The Morgan fingerprint density at radius 2 is 2.12 bits per heavy atom. The number of nitro benzene ring substituents is 1. The van der Waals surface area contributed by atoms with E-state index < -0.39 is 0 Å². The van der Waals surface area contributed by atoms with E-state index in [1.807, 2.05) is 0 Å². The molecule has 17 heavy (non-hydrogen) atoms. The van der Waals surface area contributed by atoms with Crippen LogP contribution in [-0.4, -0.2) is 11.0 Å². The molecule has 0 radical (unpaired) electrons. The highest BCUT2D eigenvalue weighted by atomic mass is 127. The minimum absolute atomic E-state index is 0.137. The molecule has 0 saturated carbocycles. The summed E-state index contributed by atoms with van der Waals surface area (Å²) in [6.45, 7) is 6.47. The standard InChI is InChI=1S/C12H17IN2O2/c1-4-11(8(2)3)14-12-6-5-9(15(16)17)7-10(12)13/h5-8,11,14H,4H2,1-3H3. The molecule has 0 spiro atoms. The number of nitrogens with zero attached hydrogens (tertiary/aromatic N) is 1. The Morgan fingerprint density at radius 3 is 2.53 bits per heavy atom. The largest absolute Gasteiger partial charge is 0.381 e. The van der Waals surface area contributed by atoms with Gasteiger partial charge in [0.2, 0.25) is 0 Å². The van der Waals surface area contributed by atoms with E-state index in [-0.39, 0.29) is 10.6 Å². The molecular formula is C12H17IN2O2. The summed E-state index contributed by atoms with van der Waals surface area (Å²) >= 11 is 2.13. The molecule has 1 atom stereocenters. The zero-order valence-corrected chi connectivity index (χ0v) is 12.4. The number of nitrogens with one attached hydrogen (secondary N) is 1. The Kier molecular flexibility index (Phi) is 5.17. The van der Waals surface area contributed by atoms with Gasteiger partial charge in [0.15, 0.2) is 0 Å². The molecule has 0 amide bonds. The Labute approximate surface area is 115 Å². The highest BCUT2D eigenvalue weighted by Gasteiger charge is 2.14. The van der Waals surface area contributed by atoms with Gasteiger partial charge in [0.25, 0.3) is 5.69 Å². The SMILES string of the molecule is CCC(Nc1ccc([N+](=O)[O-])cc1I)C(C)C. The van der Waals surface area contributed by atoms with E-state index >= 15 is 0 Å². The number of nitro groups is 1. The maximum Gasteiger partial charge on any atom is 0.270 e. The zero-order chi connectivity index (χ0) is 13.0. The van der Waals surface area contributed by atoms with Gasteiger partial charge in [0.1, 0.15) is 0 Å². The van der Waals surface area contributed by atoms with Crippen molar-refractivity contribution in [1.29, 1.82) is 0 Å². The fourth-order valence-corrected chi connectivity index (χ4v) is 2.33. The molecule has 94 valence electrons. The van der Waals surface area contributed by atoms with Crippen LogP contribution in [0.2, 0.25) is 0 Å². The van der Waals surface area contributed by atoms with Gasteiger partial charge in [0, 0.05) is 27.4 Å². The van der Waals surface area contributed by atoms with Gasteiger partial charge in [-0.15, -0.1) is 0 Å². The topological polar surface area (TPSA) is 55.2 Å². The summed E-state index contributed by atoms with van der Waals surface area (Å²) in [4.78, 5) is 10.3. The van der Waals surface area contributed by atoms with Crippen LogP contribution in [0.5, 0.6) is 0 Å². The van der Waals surface area contributed by atoms with Gasteiger partial charge in [-0.1, -0.05) is 20.8 Å². The van der Waals surface area contributed by atoms with Crippen molar-refractivity contribution in [1.82, 2.24) is 0 Å². The lowest BCUT2D eigenvalue weighted by Crippen LogP contribution is -2.25. The Hall–Kier alpha value is -0.850. The lowest BCUT2D eigenvalue weighted by atomic mass is 10.0. The molecule has 1 aromatic carbocycles. The Bertz CT molecular complexity index is 407. The molecule has 0 aromatic heterocycles.